The summed E-state index contributed by atoms with van der Waals surface area (Å²) in [7, 11) is 1.70. The smallest absolute Gasteiger partial charge is 0.119 e. The zero-order valence-electron chi connectivity index (χ0n) is 8.62. The second-order valence-electron chi connectivity index (χ2n) is 3.98. The lowest BCUT2D eigenvalue weighted by molar-refractivity contribution is 0.414. The van der Waals surface area contributed by atoms with E-state index >= 15 is 0 Å². The Bertz CT molecular complexity index is 316. The van der Waals surface area contributed by atoms with Crippen LogP contribution in [-0.2, 0) is 0 Å². The number of hydrogen-bond acceptors (Lipinski definition) is 2. The predicted molar refractivity (Wildman–Crippen MR) is 58.6 cm³/mol. The molecule has 0 amide bonds. The van der Waals surface area contributed by atoms with Crippen LogP contribution >= 0.6 is 0 Å². The van der Waals surface area contributed by atoms with E-state index in [2.05, 4.69) is 6.07 Å². The van der Waals surface area contributed by atoms with Crippen molar-refractivity contribution in [2.45, 2.75) is 31.6 Å². The monoisotopic (exact) mass is 191 g/mol. The highest BCUT2D eigenvalue weighted by Gasteiger charge is 2.19. The molecule has 2 heteroatoms. The molecule has 2 N–H and O–H groups in total. The topological polar surface area (TPSA) is 35.2 Å². The maximum absolute atomic E-state index is 5.97. The summed E-state index contributed by atoms with van der Waals surface area (Å²) in [5.74, 6) is 1.58. The Balaban J connectivity index is 2.29. The molecular weight excluding hydrogens is 174 g/mol. The van der Waals surface area contributed by atoms with Gasteiger partial charge < -0.3 is 10.5 Å². The first-order valence-electron chi connectivity index (χ1n) is 5.24. The third-order valence-corrected chi connectivity index (χ3v) is 3.09. The molecule has 0 spiro atoms. The van der Waals surface area contributed by atoms with Gasteiger partial charge in [0.2, 0.25) is 0 Å². The van der Waals surface area contributed by atoms with Crippen molar-refractivity contribution in [2.24, 2.45) is 0 Å². The van der Waals surface area contributed by atoms with Crippen LogP contribution in [-0.4, -0.2) is 7.11 Å². The van der Waals surface area contributed by atoms with Gasteiger partial charge in [-0.25, -0.2) is 0 Å². The Kier molecular flexibility index (Phi) is 2.62. The number of nitrogen functional groups attached to an aromatic ring is 1. The lowest BCUT2D eigenvalue weighted by atomic mass is 9.96. The van der Waals surface area contributed by atoms with Crippen LogP contribution < -0.4 is 10.5 Å². The highest BCUT2D eigenvalue weighted by atomic mass is 16.5. The van der Waals surface area contributed by atoms with Gasteiger partial charge >= 0.3 is 0 Å². The Morgan fingerprint density at radius 1 is 1.29 bits per heavy atom. The number of nitrogens with two attached hydrogens (primary N) is 1. The van der Waals surface area contributed by atoms with Crippen molar-refractivity contribution in [3.63, 3.8) is 0 Å². The largest absolute Gasteiger partial charge is 0.497 e. The summed E-state index contributed by atoms with van der Waals surface area (Å²) in [6.07, 6.45) is 5.22. The first-order chi connectivity index (χ1) is 6.81. The van der Waals surface area contributed by atoms with Crippen LogP contribution in [0.25, 0.3) is 0 Å². The summed E-state index contributed by atoms with van der Waals surface area (Å²) in [4.78, 5) is 0. The number of methoxy groups -OCH3 is 1. The first-order valence-corrected chi connectivity index (χ1v) is 5.24. The molecule has 0 saturated heterocycles. The van der Waals surface area contributed by atoms with Crippen LogP contribution in [0.3, 0.4) is 0 Å². The van der Waals surface area contributed by atoms with Gasteiger partial charge in [-0.2, -0.15) is 0 Å². The molecule has 0 atom stereocenters. The molecule has 2 nitrogen and oxygen atoms in total. The Morgan fingerprint density at radius 3 is 2.64 bits per heavy atom. The molecule has 1 aromatic carbocycles. The van der Waals surface area contributed by atoms with Crippen molar-refractivity contribution in [1.29, 1.82) is 0 Å². The predicted octanol–water partition coefficient (Wildman–Crippen LogP) is 2.94. The van der Waals surface area contributed by atoms with Crippen LogP contribution in [0.1, 0.15) is 37.2 Å². The summed E-state index contributed by atoms with van der Waals surface area (Å²) in [5, 5.41) is 0. The van der Waals surface area contributed by atoms with Crippen LogP contribution in [0, 0.1) is 0 Å². The van der Waals surface area contributed by atoms with Gasteiger partial charge in [-0.15, -0.1) is 0 Å². The molecule has 1 fully saturated rings. The average Bonchev–Trinajstić information content (AvgIpc) is 2.71. The molecule has 1 aromatic rings. The molecule has 1 aliphatic rings. The Labute approximate surface area is 85.1 Å². The van der Waals surface area contributed by atoms with Crippen molar-refractivity contribution >= 4 is 5.69 Å². The minimum atomic E-state index is 0.657. The molecule has 76 valence electrons. The molecule has 2 rings (SSSR count). The van der Waals surface area contributed by atoms with Gasteiger partial charge in [0.15, 0.2) is 0 Å². The van der Waals surface area contributed by atoms with Gasteiger partial charge in [-0.1, -0.05) is 12.8 Å². The fourth-order valence-corrected chi connectivity index (χ4v) is 2.27. The summed E-state index contributed by atoms with van der Waals surface area (Å²) < 4.78 is 5.21. The van der Waals surface area contributed by atoms with Gasteiger partial charge in [-0.3, -0.25) is 0 Å². The van der Waals surface area contributed by atoms with E-state index in [1.165, 1.54) is 31.2 Å². The van der Waals surface area contributed by atoms with Gasteiger partial charge in [0.1, 0.15) is 5.75 Å². The molecular formula is C12H17NO. The number of ether oxygens (including phenoxy) is 1. The summed E-state index contributed by atoms with van der Waals surface area (Å²) in [6, 6.07) is 5.96. The van der Waals surface area contributed by atoms with Crippen molar-refractivity contribution in [1.82, 2.24) is 0 Å². The highest BCUT2D eigenvalue weighted by Crippen LogP contribution is 2.38. The van der Waals surface area contributed by atoms with E-state index in [0.717, 1.165) is 11.4 Å². The zero-order chi connectivity index (χ0) is 9.97. The molecule has 0 radical (unpaired) electrons. The normalized spacial score (nSPS) is 17.2. The summed E-state index contributed by atoms with van der Waals surface area (Å²) in [5.41, 5.74) is 8.16. The maximum atomic E-state index is 5.97. The number of anilines is 1. The molecule has 0 aliphatic heterocycles. The van der Waals surface area contributed by atoms with Crippen LogP contribution in [0.5, 0.6) is 5.75 Å². The molecule has 0 unspecified atom stereocenters. The molecule has 0 bridgehead atoms. The SMILES string of the molecule is COc1ccc(N)c(C2CCCC2)c1. The fourth-order valence-electron chi connectivity index (χ4n) is 2.27. The van der Waals surface area contributed by atoms with Crippen molar-refractivity contribution in [3.8, 4) is 5.75 Å². The molecule has 1 saturated carbocycles. The van der Waals surface area contributed by atoms with Crippen molar-refractivity contribution in [2.75, 3.05) is 12.8 Å². The number of hydrogen-bond donors (Lipinski definition) is 1. The van der Waals surface area contributed by atoms with Gasteiger partial charge in [0, 0.05) is 5.69 Å². The second kappa shape index (κ2) is 3.91. The first kappa shape index (κ1) is 9.38. The van der Waals surface area contributed by atoms with E-state index in [9.17, 15) is 0 Å². The van der Waals surface area contributed by atoms with Crippen LogP contribution in [0.2, 0.25) is 0 Å². The minimum absolute atomic E-state index is 0.657. The summed E-state index contributed by atoms with van der Waals surface area (Å²) >= 11 is 0. The van der Waals surface area contributed by atoms with Crippen LogP contribution in [0.15, 0.2) is 18.2 Å². The van der Waals surface area contributed by atoms with Crippen LogP contribution in [0.4, 0.5) is 5.69 Å². The lowest BCUT2D eigenvalue weighted by Gasteiger charge is -2.13. The standard InChI is InChI=1S/C12H17NO/c1-14-10-6-7-12(13)11(8-10)9-4-2-3-5-9/h6-9H,2-5,13H2,1H3. The van der Waals surface area contributed by atoms with E-state index in [4.69, 9.17) is 10.5 Å². The molecule has 0 heterocycles. The number of rotatable bonds is 2. The molecule has 14 heavy (non-hydrogen) atoms. The highest BCUT2D eigenvalue weighted by molar-refractivity contribution is 5.52. The van der Waals surface area contributed by atoms with Gasteiger partial charge in [-0.05, 0) is 42.5 Å². The van der Waals surface area contributed by atoms with E-state index in [1.807, 2.05) is 12.1 Å². The third kappa shape index (κ3) is 1.69. The van der Waals surface area contributed by atoms with Gasteiger partial charge in [0.25, 0.3) is 0 Å². The maximum Gasteiger partial charge on any atom is 0.119 e. The van der Waals surface area contributed by atoms with E-state index in [0.29, 0.717) is 5.92 Å². The molecule has 1 aliphatic carbocycles. The Hall–Kier alpha value is -1.18. The molecule has 0 aromatic heterocycles. The minimum Gasteiger partial charge on any atom is -0.497 e. The van der Waals surface area contributed by atoms with Crippen molar-refractivity contribution in [3.05, 3.63) is 23.8 Å². The van der Waals surface area contributed by atoms with E-state index in [-0.39, 0.29) is 0 Å². The number of benzene rings is 1. The van der Waals surface area contributed by atoms with Crippen molar-refractivity contribution < 1.29 is 4.74 Å². The zero-order valence-corrected chi connectivity index (χ0v) is 8.62. The Morgan fingerprint density at radius 2 is 2.00 bits per heavy atom. The quantitative estimate of drug-likeness (QED) is 0.729. The lowest BCUT2D eigenvalue weighted by Crippen LogP contribution is -1.99. The van der Waals surface area contributed by atoms with Gasteiger partial charge in [0.05, 0.1) is 7.11 Å². The average molecular weight is 191 g/mol. The summed E-state index contributed by atoms with van der Waals surface area (Å²) in [6.45, 7) is 0. The second-order valence-corrected chi connectivity index (χ2v) is 3.98. The fraction of sp³-hybridized carbons (Fsp3) is 0.500. The van der Waals surface area contributed by atoms with E-state index < -0.39 is 0 Å². The third-order valence-electron chi connectivity index (χ3n) is 3.09. The van der Waals surface area contributed by atoms with E-state index in [1.54, 1.807) is 7.11 Å².